The number of hydrogen-bond donors (Lipinski definition) is 2. The summed E-state index contributed by atoms with van der Waals surface area (Å²) in [5, 5.41) is 28.1. The van der Waals surface area contributed by atoms with E-state index in [9.17, 15) is 19.6 Å². The Kier molecular flexibility index (Phi) is 15.6. The van der Waals surface area contributed by atoms with Crippen LogP contribution in [0.15, 0.2) is 162 Å². The first-order valence-corrected chi connectivity index (χ1v) is 26.6. The summed E-state index contributed by atoms with van der Waals surface area (Å²) in [6.07, 6.45) is -0.0297. The normalized spacial score (nSPS) is 17.2. The first-order chi connectivity index (χ1) is 37.4. The number of ether oxygens (including phenoxy) is 4. The Bertz CT molecular complexity index is 3580. The number of amides is 1. The van der Waals surface area contributed by atoms with Crippen molar-refractivity contribution in [3.63, 3.8) is 0 Å². The number of nitriles is 1. The quantitative estimate of drug-likeness (QED) is 0.0299. The third kappa shape index (κ3) is 10.4. The van der Waals surface area contributed by atoms with E-state index in [2.05, 4.69) is 55.6 Å². The van der Waals surface area contributed by atoms with Crippen molar-refractivity contribution in [3.05, 3.63) is 201 Å². The summed E-state index contributed by atoms with van der Waals surface area (Å²) in [6.45, 7) is 8.08. The molecule has 1 aliphatic heterocycles. The first-order valence-electron chi connectivity index (χ1n) is 25.5. The maximum Gasteiger partial charge on any atom is 0.330 e. The van der Waals surface area contributed by atoms with Crippen molar-refractivity contribution >= 4 is 46.8 Å². The minimum Gasteiger partial charge on any atom is -0.497 e. The van der Waals surface area contributed by atoms with Crippen molar-refractivity contribution in [1.29, 1.82) is 5.26 Å². The fourth-order valence-corrected chi connectivity index (χ4v) is 12.3. The minimum atomic E-state index is -1.96. The van der Waals surface area contributed by atoms with E-state index in [1.54, 1.807) is 25.1 Å². The van der Waals surface area contributed by atoms with E-state index in [1.165, 1.54) is 16.8 Å². The van der Waals surface area contributed by atoms with Gasteiger partial charge >= 0.3 is 5.69 Å². The Hall–Kier alpha value is -7.81. The number of aromatic amines is 1. The predicted octanol–water partition coefficient (Wildman–Crippen LogP) is 9.78. The largest absolute Gasteiger partial charge is 0.497 e. The maximum atomic E-state index is 14.2. The van der Waals surface area contributed by atoms with E-state index in [1.807, 2.05) is 137 Å². The van der Waals surface area contributed by atoms with Gasteiger partial charge in [0.2, 0.25) is 0 Å². The second-order valence-electron chi connectivity index (χ2n) is 19.3. The SMILES string of the molecule is COc1ccc(C(OC[C@H]2O[C@@H](n3ccc(=O)[nH]c3=O)[C@H](n3cc(CNC(=O)c4ccc5ccc6cccc7ccc4c5c67)nn3)[C@@H]2OP(OCCC#N)N(C(C)C)C(C)C)(c2ccccc2)c2ccc(OC)cc2)cc1. The molecule has 10 rings (SSSR count). The van der Waals surface area contributed by atoms with Crippen LogP contribution in [-0.2, 0) is 30.7 Å². The van der Waals surface area contributed by atoms with Gasteiger partial charge in [-0.2, -0.15) is 5.26 Å². The van der Waals surface area contributed by atoms with Crippen LogP contribution in [0.3, 0.4) is 0 Å². The molecular formula is C59H59N8O9P. The molecule has 1 unspecified atom stereocenters. The van der Waals surface area contributed by atoms with E-state index in [-0.39, 0.29) is 44.2 Å². The summed E-state index contributed by atoms with van der Waals surface area (Å²) in [7, 11) is 1.26. The summed E-state index contributed by atoms with van der Waals surface area (Å²) < 4.78 is 44.6. The summed E-state index contributed by atoms with van der Waals surface area (Å²) >= 11 is 0. The van der Waals surface area contributed by atoms with Crippen molar-refractivity contribution in [1.82, 2.24) is 34.5 Å². The van der Waals surface area contributed by atoms with E-state index < -0.39 is 49.9 Å². The lowest BCUT2D eigenvalue weighted by atomic mass is 9.80. The molecule has 1 saturated heterocycles. The lowest BCUT2D eigenvalue weighted by molar-refractivity contribution is -0.0932. The number of nitrogens with one attached hydrogen (secondary N) is 2. The molecule has 9 aromatic rings. The molecule has 1 amide bonds. The monoisotopic (exact) mass is 1050 g/mol. The van der Waals surface area contributed by atoms with Crippen LogP contribution in [0.1, 0.15) is 79.1 Å². The van der Waals surface area contributed by atoms with Gasteiger partial charge in [-0.05, 0) is 107 Å². The van der Waals surface area contributed by atoms with Crippen LogP contribution >= 0.6 is 8.53 Å². The molecule has 0 spiro atoms. The van der Waals surface area contributed by atoms with Crippen LogP contribution in [0.2, 0.25) is 0 Å². The molecule has 2 aromatic heterocycles. The zero-order chi connectivity index (χ0) is 53.8. The average molecular weight is 1060 g/mol. The zero-order valence-corrected chi connectivity index (χ0v) is 44.4. The number of nitrogens with zero attached hydrogens (tertiary/aromatic N) is 6. The Labute approximate surface area is 446 Å². The van der Waals surface area contributed by atoms with Gasteiger partial charge in [0, 0.05) is 29.9 Å². The maximum absolute atomic E-state index is 14.2. The van der Waals surface area contributed by atoms with E-state index in [0.717, 1.165) is 49.0 Å². The number of hydrogen-bond acceptors (Lipinski definition) is 13. The minimum absolute atomic E-state index is 0.00248. The van der Waals surface area contributed by atoms with E-state index in [4.69, 9.17) is 28.0 Å². The highest BCUT2D eigenvalue weighted by atomic mass is 31.2. The fraction of sp³-hybridized carbons (Fsp3) is 0.288. The number of rotatable bonds is 21. The Morgan fingerprint density at radius 3 is 2.05 bits per heavy atom. The molecule has 7 aromatic carbocycles. The van der Waals surface area contributed by atoms with Gasteiger partial charge in [0.05, 0.1) is 52.7 Å². The fourth-order valence-electron chi connectivity index (χ4n) is 10.5. The summed E-state index contributed by atoms with van der Waals surface area (Å²) in [5.41, 5.74) is 0.642. The van der Waals surface area contributed by atoms with Gasteiger partial charge in [-0.3, -0.25) is 19.1 Å². The van der Waals surface area contributed by atoms with Gasteiger partial charge in [-0.25, -0.2) is 14.1 Å². The molecule has 5 atom stereocenters. The van der Waals surface area contributed by atoms with E-state index >= 15 is 0 Å². The second-order valence-corrected chi connectivity index (χ2v) is 20.8. The molecule has 77 heavy (non-hydrogen) atoms. The standard InChI is InChI=1S/C59H59N8O9P/c1-37(2)67(38(3)4)77(74-33-11-31-60)76-55-50(36-73-59(42-14-8-7-9-15-42,43-20-24-46(71-5)25-21-43)44-22-26-47(72-6)27-23-44)75-57(65-32-30-51(68)62-58(65)70)54(55)66-35-45(63-64-66)34-61-56(69)49-29-19-41-17-16-39-12-10-13-40-18-28-48(49)53(41)52(39)40/h7-10,12-30,32,35,37-38,50,54-55,57H,11,33-34,36H2,1-6H3,(H,61,69)(H,62,68,70)/t50-,54-,55-,57-,77?/m1/s1. The molecule has 17 nitrogen and oxygen atoms in total. The van der Waals surface area contributed by atoms with Gasteiger partial charge in [-0.1, -0.05) is 108 Å². The Balaban J connectivity index is 1.06. The van der Waals surface area contributed by atoms with Gasteiger partial charge in [0.1, 0.15) is 41.0 Å². The smallest absolute Gasteiger partial charge is 0.330 e. The lowest BCUT2D eigenvalue weighted by Gasteiger charge is -2.39. The van der Waals surface area contributed by atoms with Crippen LogP contribution in [-0.4, -0.2) is 86.8 Å². The number of carbonyl (C=O) groups is 1. The van der Waals surface area contributed by atoms with Crippen molar-refractivity contribution in [2.75, 3.05) is 27.4 Å². The van der Waals surface area contributed by atoms with Crippen molar-refractivity contribution in [2.45, 2.75) is 82.8 Å². The third-order valence-electron chi connectivity index (χ3n) is 14.0. The predicted molar refractivity (Wildman–Crippen MR) is 294 cm³/mol. The molecule has 394 valence electrons. The third-order valence-corrected chi connectivity index (χ3v) is 16.1. The number of benzene rings is 7. The first kappa shape index (κ1) is 52.6. The average Bonchev–Trinajstić information content (AvgIpc) is 4.11. The molecule has 0 aliphatic carbocycles. The topological polar surface area (TPSA) is 197 Å². The van der Waals surface area contributed by atoms with Crippen LogP contribution < -0.4 is 26.0 Å². The zero-order valence-electron chi connectivity index (χ0n) is 43.5. The van der Waals surface area contributed by atoms with Crippen LogP contribution in [0, 0.1) is 11.3 Å². The van der Waals surface area contributed by atoms with Crippen molar-refractivity contribution < 1.29 is 32.8 Å². The lowest BCUT2D eigenvalue weighted by Crippen LogP contribution is -2.41. The summed E-state index contributed by atoms with van der Waals surface area (Å²) in [6, 6.07) is 45.6. The highest BCUT2D eigenvalue weighted by Gasteiger charge is 2.52. The Morgan fingerprint density at radius 2 is 1.43 bits per heavy atom. The number of carbonyl (C=O) groups excluding carboxylic acids is 1. The molecule has 1 aliphatic rings. The highest BCUT2D eigenvalue weighted by Crippen LogP contribution is 2.53. The molecule has 1 fully saturated rings. The van der Waals surface area contributed by atoms with Crippen LogP contribution in [0.25, 0.3) is 32.3 Å². The molecule has 3 heterocycles. The Morgan fingerprint density at radius 1 is 0.805 bits per heavy atom. The van der Waals surface area contributed by atoms with Crippen LogP contribution in [0.4, 0.5) is 0 Å². The van der Waals surface area contributed by atoms with Crippen LogP contribution in [0.5, 0.6) is 11.5 Å². The van der Waals surface area contributed by atoms with Gasteiger partial charge in [0.25, 0.3) is 20.0 Å². The number of methoxy groups -OCH3 is 2. The number of aromatic nitrogens is 5. The molecule has 0 radical (unpaired) electrons. The van der Waals surface area contributed by atoms with Gasteiger partial charge in [0.15, 0.2) is 6.23 Å². The molecule has 2 N–H and O–H groups in total. The molecule has 0 saturated carbocycles. The van der Waals surface area contributed by atoms with E-state index in [0.29, 0.717) is 22.8 Å². The van der Waals surface area contributed by atoms with Crippen molar-refractivity contribution in [3.8, 4) is 17.6 Å². The highest BCUT2D eigenvalue weighted by molar-refractivity contribution is 7.44. The van der Waals surface area contributed by atoms with Gasteiger partial charge in [-0.15, -0.1) is 5.10 Å². The summed E-state index contributed by atoms with van der Waals surface area (Å²) in [5.74, 6) is 1.01. The molecule has 18 heteroatoms. The number of H-pyrrole nitrogens is 1. The van der Waals surface area contributed by atoms with Gasteiger partial charge < -0.3 is 33.3 Å². The molecule has 0 bridgehead atoms. The second kappa shape index (κ2) is 22.8. The molecular weight excluding hydrogens is 996 g/mol. The summed E-state index contributed by atoms with van der Waals surface area (Å²) in [4.78, 5) is 43.2. The van der Waals surface area contributed by atoms with Crippen molar-refractivity contribution in [2.24, 2.45) is 0 Å².